The van der Waals surface area contributed by atoms with Crippen molar-refractivity contribution in [2.24, 2.45) is 5.92 Å². The normalized spacial score (nSPS) is 11.1. The Kier molecular flexibility index (Phi) is 7.91. The van der Waals surface area contributed by atoms with Crippen molar-refractivity contribution in [3.8, 4) is 0 Å². The van der Waals surface area contributed by atoms with Gasteiger partial charge in [-0.1, -0.05) is 46.3 Å². The summed E-state index contributed by atoms with van der Waals surface area (Å²) in [4.78, 5) is 24.7. The zero-order chi connectivity index (χ0) is 22.4. The smallest absolute Gasteiger partial charge is 0.320 e. The number of halogens is 1. The van der Waals surface area contributed by atoms with Gasteiger partial charge in [-0.05, 0) is 62.9 Å². The number of ether oxygens (including phenoxy) is 2. The Labute approximate surface area is 191 Å². The lowest BCUT2D eigenvalue weighted by molar-refractivity contribution is -0.161. The summed E-state index contributed by atoms with van der Waals surface area (Å²) in [6.07, 6.45) is 0.937. The summed E-state index contributed by atoms with van der Waals surface area (Å²) < 4.78 is 13.6. The van der Waals surface area contributed by atoms with Gasteiger partial charge in [-0.15, -0.1) is 0 Å². The lowest BCUT2D eigenvalue weighted by Crippen LogP contribution is -2.28. The van der Waals surface area contributed by atoms with E-state index in [1.165, 1.54) is 5.56 Å². The maximum atomic E-state index is 12.4. The molecule has 3 aromatic rings. The van der Waals surface area contributed by atoms with Crippen molar-refractivity contribution in [3.63, 3.8) is 0 Å². The van der Waals surface area contributed by atoms with E-state index in [0.29, 0.717) is 12.8 Å². The van der Waals surface area contributed by atoms with Crippen LogP contribution in [0, 0.1) is 12.8 Å². The summed E-state index contributed by atoms with van der Waals surface area (Å²) in [5.74, 6) is -1.94. The zero-order valence-electron chi connectivity index (χ0n) is 18.2. The van der Waals surface area contributed by atoms with Gasteiger partial charge in [0, 0.05) is 27.6 Å². The van der Waals surface area contributed by atoms with Crippen LogP contribution >= 0.6 is 15.9 Å². The third-order valence-corrected chi connectivity index (χ3v) is 5.97. The fraction of sp³-hybridized carbons (Fsp3) is 0.360. The summed E-state index contributed by atoms with van der Waals surface area (Å²) in [5.41, 5.74) is 4.62. The Balaban J connectivity index is 1.91. The third kappa shape index (κ3) is 5.37. The molecule has 0 unspecified atom stereocenters. The van der Waals surface area contributed by atoms with Gasteiger partial charge in [0.05, 0.1) is 13.2 Å². The number of hydrogen-bond acceptors (Lipinski definition) is 4. The summed E-state index contributed by atoms with van der Waals surface area (Å²) in [6.45, 7) is 6.79. The minimum absolute atomic E-state index is 0.236. The van der Waals surface area contributed by atoms with E-state index in [4.69, 9.17) is 9.47 Å². The molecule has 0 atom stereocenters. The molecule has 0 aliphatic rings. The van der Waals surface area contributed by atoms with Gasteiger partial charge < -0.3 is 14.0 Å². The summed E-state index contributed by atoms with van der Waals surface area (Å²) in [7, 11) is 0. The number of fused-ring (bicyclic) bond motifs is 1. The second kappa shape index (κ2) is 10.6. The van der Waals surface area contributed by atoms with Crippen molar-refractivity contribution in [1.29, 1.82) is 0 Å². The lowest BCUT2D eigenvalue weighted by Gasteiger charge is -2.14. The van der Waals surface area contributed by atoms with E-state index in [1.54, 1.807) is 13.8 Å². The highest BCUT2D eigenvalue weighted by molar-refractivity contribution is 9.10. The van der Waals surface area contributed by atoms with Crippen LogP contribution in [0.2, 0.25) is 0 Å². The second-order valence-electron chi connectivity index (χ2n) is 7.39. The monoisotopic (exact) mass is 485 g/mol. The molecule has 1 aromatic heterocycles. The van der Waals surface area contributed by atoms with Crippen LogP contribution in [0.5, 0.6) is 0 Å². The van der Waals surface area contributed by atoms with Crippen LogP contribution in [0.4, 0.5) is 0 Å². The molecular formula is C25H28BrNO4. The molecule has 31 heavy (non-hydrogen) atoms. The molecule has 6 heteroatoms. The predicted molar refractivity (Wildman–Crippen MR) is 125 cm³/mol. The van der Waals surface area contributed by atoms with E-state index >= 15 is 0 Å². The molecule has 0 saturated heterocycles. The first-order valence-corrected chi connectivity index (χ1v) is 11.4. The van der Waals surface area contributed by atoms with Crippen LogP contribution < -0.4 is 0 Å². The van der Waals surface area contributed by atoms with Gasteiger partial charge in [0.15, 0.2) is 5.92 Å². The fourth-order valence-corrected chi connectivity index (χ4v) is 4.17. The fourth-order valence-electron chi connectivity index (χ4n) is 3.90. The number of esters is 2. The molecule has 0 aliphatic heterocycles. The van der Waals surface area contributed by atoms with Gasteiger partial charge in [0.25, 0.3) is 0 Å². The van der Waals surface area contributed by atoms with Crippen LogP contribution in [0.15, 0.2) is 53.0 Å². The topological polar surface area (TPSA) is 57.5 Å². The maximum Gasteiger partial charge on any atom is 0.320 e. The molecule has 0 saturated carbocycles. The first kappa shape index (κ1) is 23.1. The van der Waals surface area contributed by atoms with Gasteiger partial charge in [-0.3, -0.25) is 9.59 Å². The van der Waals surface area contributed by atoms with E-state index < -0.39 is 17.9 Å². The Morgan fingerprint density at radius 3 is 2.19 bits per heavy atom. The Morgan fingerprint density at radius 2 is 1.58 bits per heavy atom. The second-order valence-corrected chi connectivity index (χ2v) is 8.30. The van der Waals surface area contributed by atoms with Gasteiger partial charge >= 0.3 is 11.9 Å². The molecule has 5 nitrogen and oxygen atoms in total. The molecule has 0 aliphatic carbocycles. The van der Waals surface area contributed by atoms with Crippen LogP contribution in [-0.2, 0) is 32.0 Å². The Hall–Kier alpha value is -2.60. The minimum atomic E-state index is -0.909. The molecule has 3 rings (SSSR count). The van der Waals surface area contributed by atoms with Gasteiger partial charge in [0.1, 0.15) is 0 Å². The molecule has 0 spiro atoms. The molecule has 0 radical (unpaired) electrons. The molecular weight excluding hydrogens is 458 g/mol. The van der Waals surface area contributed by atoms with Crippen molar-refractivity contribution in [2.45, 2.75) is 40.2 Å². The maximum absolute atomic E-state index is 12.4. The van der Waals surface area contributed by atoms with E-state index in [-0.39, 0.29) is 13.2 Å². The SMILES string of the molecule is CCOC(=O)C(CCc1c(C)n(Cc2ccc(Br)cc2)c2ccccc12)C(=O)OCC. The number of nitrogens with zero attached hydrogens (tertiary/aromatic N) is 1. The first-order valence-electron chi connectivity index (χ1n) is 10.6. The van der Waals surface area contributed by atoms with Gasteiger partial charge in [-0.2, -0.15) is 0 Å². The van der Waals surface area contributed by atoms with E-state index in [9.17, 15) is 9.59 Å². The molecule has 0 N–H and O–H groups in total. The number of carbonyl (C=O) groups excluding carboxylic acids is 2. The Morgan fingerprint density at radius 1 is 0.968 bits per heavy atom. The van der Waals surface area contributed by atoms with Gasteiger partial charge in [-0.25, -0.2) is 0 Å². The standard InChI is InChI=1S/C25H28BrNO4/c1-4-30-24(28)22(25(29)31-5-2)15-14-20-17(3)27(23-9-7-6-8-21(20)23)16-18-10-12-19(26)13-11-18/h6-13,22H,4-5,14-16H2,1-3H3. The minimum Gasteiger partial charge on any atom is -0.465 e. The number of aryl methyl sites for hydroxylation is 1. The van der Waals surface area contributed by atoms with Crippen LogP contribution in [-0.4, -0.2) is 29.7 Å². The number of benzene rings is 2. The van der Waals surface area contributed by atoms with Crippen LogP contribution in [0.3, 0.4) is 0 Å². The lowest BCUT2D eigenvalue weighted by atomic mass is 9.97. The molecule has 0 amide bonds. The van der Waals surface area contributed by atoms with E-state index in [2.05, 4.69) is 51.7 Å². The Bertz CT molecular complexity index is 1040. The first-order chi connectivity index (χ1) is 15.0. The number of rotatable bonds is 9. The number of aromatic nitrogens is 1. The van der Waals surface area contributed by atoms with Crippen molar-refractivity contribution in [3.05, 3.63) is 69.8 Å². The molecule has 2 aromatic carbocycles. The van der Waals surface area contributed by atoms with Crippen LogP contribution in [0.25, 0.3) is 10.9 Å². The van der Waals surface area contributed by atoms with Crippen molar-refractivity contribution < 1.29 is 19.1 Å². The highest BCUT2D eigenvalue weighted by atomic mass is 79.9. The predicted octanol–water partition coefficient (Wildman–Crippen LogP) is 5.44. The average molecular weight is 486 g/mol. The molecule has 1 heterocycles. The van der Waals surface area contributed by atoms with Crippen LogP contribution in [0.1, 0.15) is 37.1 Å². The third-order valence-electron chi connectivity index (χ3n) is 5.44. The quantitative estimate of drug-likeness (QED) is 0.299. The summed E-state index contributed by atoms with van der Waals surface area (Å²) >= 11 is 3.49. The molecule has 0 bridgehead atoms. The molecule has 164 valence electrons. The largest absolute Gasteiger partial charge is 0.465 e. The number of para-hydroxylation sites is 1. The number of hydrogen-bond donors (Lipinski definition) is 0. The number of carbonyl (C=O) groups is 2. The highest BCUT2D eigenvalue weighted by Gasteiger charge is 2.30. The van der Waals surface area contributed by atoms with Gasteiger partial charge in [0.2, 0.25) is 0 Å². The summed E-state index contributed by atoms with van der Waals surface area (Å²) in [5, 5.41) is 1.14. The van der Waals surface area contributed by atoms with E-state index in [0.717, 1.165) is 33.2 Å². The van der Waals surface area contributed by atoms with Crippen molar-refractivity contribution in [2.75, 3.05) is 13.2 Å². The average Bonchev–Trinajstić information content (AvgIpc) is 3.02. The van der Waals surface area contributed by atoms with E-state index in [1.807, 2.05) is 24.3 Å². The van der Waals surface area contributed by atoms with Crippen molar-refractivity contribution >= 4 is 38.8 Å². The van der Waals surface area contributed by atoms with Crippen molar-refractivity contribution in [1.82, 2.24) is 4.57 Å². The zero-order valence-corrected chi connectivity index (χ0v) is 19.8. The highest BCUT2D eigenvalue weighted by Crippen LogP contribution is 2.29. The molecule has 0 fully saturated rings. The summed E-state index contributed by atoms with van der Waals surface area (Å²) in [6, 6.07) is 16.6.